The first-order chi connectivity index (χ1) is 14.3. The maximum absolute atomic E-state index is 12.8. The number of thiocarbonyl (C=S) groups is 1. The Morgan fingerprint density at radius 1 is 1.07 bits per heavy atom. The average molecular weight is 423 g/mol. The van der Waals surface area contributed by atoms with E-state index < -0.39 is 0 Å². The Labute approximate surface area is 183 Å². The van der Waals surface area contributed by atoms with Gasteiger partial charge < -0.3 is 20.1 Å². The Balaban J connectivity index is 1.86. The second kappa shape index (κ2) is 9.87. The van der Waals surface area contributed by atoms with E-state index in [2.05, 4.69) is 47.2 Å². The third kappa shape index (κ3) is 5.68. The Morgan fingerprint density at radius 3 is 2.50 bits per heavy atom. The molecular formula is C24H30N4OS. The van der Waals surface area contributed by atoms with Gasteiger partial charge >= 0.3 is 0 Å². The molecule has 3 aromatic rings. The van der Waals surface area contributed by atoms with Crippen molar-refractivity contribution in [2.24, 2.45) is 0 Å². The monoisotopic (exact) mass is 422 g/mol. The van der Waals surface area contributed by atoms with Crippen molar-refractivity contribution >= 4 is 33.9 Å². The summed E-state index contributed by atoms with van der Waals surface area (Å²) in [4.78, 5) is 20.1. The number of rotatable bonds is 7. The van der Waals surface area contributed by atoms with Crippen LogP contribution in [0.5, 0.6) is 0 Å². The predicted octanol–water partition coefficient (Wildman–Crippen LogP) is 4.30. The van der Waals surface area contributed by atoms with Gasteiger partial charge in [0.25, 0.3) is 5.56 Å². The first-order valence-electron chi connectivity index (χ1n) is 10.2. The molecule has 0 saturated carbocycles. The normalized spacial score (nSPS) is 11.1. The molecule has 0 aliphatic heterocycles. The molecule has 1 heterocycles. The molecule has 30 heavy (non-hydrogen) atoms. The number of pyridine rings is 1. The van der Waals surface area contributed by atoms with E-state index in [4.69, 9.17) is 12.2 Å². The van der Waals surface area contributed by atoms with E-state index in [9.17, 15) is 4.79 Å². The Hall–Kier alpha value is -2.70. The van der Waals surface area contributed by atoms with Gasteiger partial charge in [0.2, 0.25) is 0 Å². The summed E-state index contributed by atoms with van der Waals surface area (Å²) in [5, 5.41) is 5.01. The smallest absolute Gasteiger partial charge is 0.253 e. The molecule has 0 saturated heterocycles. The maximum atomic E-state index is 12.8. The number of fused-ring (bicyclic) bond motifs is 1. The van der Waals surface area contributed by atoms with Gasteiger partial charge in [0.05, 0.1) is 6.54 Å². The van der Waals surface area contributed by atoms with Crippen molar-refractivity contribution in [2.45, 2.75) is 26.8 Å². The molecule has 2 N–H and O–H groups in total. The van der Waals surface area contributed by atoms with Crippen LogP contribution in [-0.2, 0) is 6.54 Å². The number of nitrogens with one attached hydrogen (secondary N) is 2. The van der Waals surface area contributed by atoms with E-state index in [-0.39, 0.29) is 5.56 Å². The van der Waals surface area contributed by atoms with Gasteiger partial charge in [-0.1, -0.05) is 24.3 Å². The molecule has 5 nitrogen and oxygen atoms in total. The van der Waals surface area contributed by atoms with Crippen molar-refractivity contribution in [2.75, 3.05) is 32.5 Å². The standard InChI is InChI=1S/C24H30N4OS/c1-17-13-18(2)21-15-19(23(29)26-22(21)14-17)16-28(12-8-11-27(3)4)24(30)25-20-9-6-5-7-10-20/h5-7,9-10,13-15H,8,11-12,16H2,1-4H3,(H,25,30)(H,26,29). The summed E-state index contributed by atoms with van der Waals surface area (Å²) >= 11 is 5.71. The third-order valence-corrected chi connectivity index (χ3v) is 5.46. The fraction of sp³-hybridized carbons (Fsp3) is 0.333. The first kappa shape index (κ1) is 22.0. The lowest BCUT2D eigenvalue weighted by molar-refractivity contribution is 0.346. The highest BCUT2D eigenvalue weighted by Gasteiger charge is 2.14. The second-order valence-corrected chi connectivity index (χ2v) is 8.43. The van der Waals surface area contributed by atoms with Crippen LogP contribution < -0.4 is 10.9 Å². The molecule has 0 atom stereocenters. The van der Waals surface area contributed by atoms with E-state index in [0.29, 0.717) is 11.7 Å². The number of hydrogen-bond donors (Lipinski definition) is 2. The van der Waals surface area contributed by atoms with Crippen LogP contribution in [0.2, 0.25) is 0 Å². The molecule has 0 spiro atoms. The Kier molecular flexibility index (Phi) is 7.24. The van der Waals surface area contributed by atoms with Gasteiger partial charge in [0.15, 0.2) is 5.11 Å². The van der Waals surface area contributed by atoms with E-state index in [1.807, 2.05) is 49.4 Å². The predicted molar refractivity (Wildman–Crippen MR) is 130 cm³/mol. The molecule has 6 heteroatoms. The molecule has 0 fully saturated rings. The number of nitrogens with zero attached hydrogens (tertiary/aromatic N) is 2. The Morgan fingerprint density at radius 2 is 1.80 bits per heavy atom. The molecule has 3 rings (SSSR count). The van der Waals surface area contributed by atoms with Crippen LogP contribution in [0.15, 0.2) is 53.3 Å². The molecule has 158 valence electrons. The van der Waals surface area contributed by atoms with Crippen molar-refractivity contribution in [3.8, 4) is 0 Å². The highest BCUT2D eigenvalue weighted by Crippen LogP contribution is 2.19. The topological polar surface area (TPSA) is 51.4 Å². The Bertz CT molecular complexity index is 1080. The molecule has 0 unspecified atom stereocenters. The van der Waals surface area contributed by atoms with Crippen molar-refractivity contribution < 1.29 is 0 Å². The summed E-state index contributed by atoms with van der Waals surface area (Å²) in [5.41, 5.74) is 4.78. The van der Waals surface area contributed by atoms with Crippen LogP contribution in [0.25, 0.3) is 10.9 Å². The zero-order valence-electron chi connectivity index (χ0n) is 18.2. The number of H-pyrrole nitrogens is 1. The lowest BCUT2D eigenvalue weighted by atomic mass is 10.0. The fourth-order valence-electron chi connectivity index (χ4n) is 3.59. The van der Waals surface area contributed by atoms with Crippen LogP contribution in [0.1, 0.15) is 23.1 Å². The maximum Gasteiger partial charge on any atom is 0.253 e. The molecule has 0 radical (unpaired) electrons. The van der Waals surface area contributed by atoms with Gasteiger partial charge in [-0.25, -0.2) is 0 Å². The fourth-order valence-corrected chi connectivity index (χ4v) is 3.87. The summed E-state index contributed by atoms with van der Waals surface area (Å²) in [7, 11) is 4.12. The summed E-state index contributed by atoms with van der Waals surface area (Å²) < 4.78 is 0. The summed E-state index contributed by atoms with van der Waals surface area (Å²) in [5.74, 6) is 0. The van der Waals surface area contributed by atoms with E-state index in [1.165, 1.54) is 0 Å². The van der Waals surface area contributed by atoms with Crippen molar-refractivity contribution in [3.63, 3.8) is 0 Å². The van der Waals surface area contributed by atoms with Gasteiger partial charge in [-0.05, 0) is 88.5 Å². The van der Waals surface area contributed by atoms with Crippen LogP contribution >= 0.6 is 12.2 Å². The summed E-state index contributed by atoms with van der Waals surface area (Å²) in [6, 6.07) is 16.1. The van der Waals surface area contributed by atoms with Crippen LogP contribution in [-0.4, -0.2) is 47.1 Å². The summed E-state index contributed by atoms with van der Waals surface area (Å²) in [6.45, 7) is 6.30. The van der Waals surface area contributed by atoms with Crippen LogP contribution in [0.3, 0.4) is 0 Å². The van der Waals surface area contributed by atoms with E-state index in [1.54, 1.807) is 0 Å². The lowest BCUT2D eigenvalue weighted by Crippen LogP contribution is -2.37. The van der Waals surface area contributed by atoms with E-state index >= 15 is 0 Å². The van der Waals surface area contributed by atoms with Crippen molar-refractivity contribution in [1.82, 2.24) is 14.8 Å². The molecule has 0 bridgehead atoms. The zero-order chi connectivity index (χ0) is 21.7. The quantitative estimate of drug-likeness (QED) is 0.556. The van der Waals surface area contributed by atoms with Crippen LogP contribution in [0.4, 0.5) is 5.69 Å². The molecule has 0 aliphatic rings. The van der Waals surface area contributed by atoms with Gasteiger partial charge in [-0.2, -0.15) is 0 Å². The molecular weight excluding hydrogens is 392 g/mol. The first-order valence-corrected chi connectivity index (χ1v) is 10.6. The SMILES string of the molecule is Cc1cc(C)c2cc(CN(CCCN(C)C)C(=S)Nc3ccccc3)c(=O)[nH]c2c1. The largest absolute Gasteiger partial charge is 0.344 e. The number of aryl methyl sites for hydroxylation is 2. The number of aromatic amines is 1. The molecule has 0 aliphatic carbocycles. The number of para-hydroxylation sites is 1. The molecule has 2 aromatic carbocycles. The lowest BCUT2D eigenvalue weighted by Gasteiger charge is -2.26. The van der Waals surface area contributed by atoms with Crippen molar-refractivity contribution in [1.29, 1.82) is 0 Å². The van der Waals surface area contributed by atoms with Gasteiger partial charge in [-0.15, -0.1) is 0 Å². The number of benzene rings is 2. The minimum Gasteiger partial charge on any atom is -0.344 e. The van der Waals surface area contributed by atoms with Gasteiger partial charge in [-0.3, -0.25) is 4.79 Å². The average Bonchev–Trinajstić information content (AvgIpc) is 2.68. The van der Waals surface area contributed by atoms with Crippen molar-refractivity contribution in [3.05, 3.63) is 75.6 Å². The minimum atomic E-state index is -0.0624. The highest BCUT2D eigenvalue weighted by molar-refractivity contribution is 7.80. The number of aromatic nitrogens is 1. The summed E-state index contributed by atoms with van der Waals surface area (Å²) in [6.07, 6.45) is 0.952. The third-order valence-electron chi connectivity index (χ3n) is 5.10. The van der Waals surface area contributed by atoms with Gasteiger partial charge in [0.1, 0.15) is 0 Å². The van der Waals surface area contributed by atoms with Crippen LogP contribution in [0, 0.1) is 13.8 Å². The van der Waals surface area contributed by atoms with E-state index in [0.717, 1.165) is 52.8 Å². The number of anilines is 1. The number of hydrogen-bond acceptors (Lipinski definition) is 3. The second-order valence-electron chi connectivity index (χ2n) is 8.04. The van der Waals surface area contributed by atoms with Gasteiger partial charge in [0, 0.05) is 28.7 Å². The highest BCUT2D eigenvalue weighted by atomic mass is 32.1. The zero-order valence-corrected chi connectivity index (χ0v) is 19.0. The molecule has 0 amide bonds. The minimum absolute atomic E-state index is 0.0624. The molecule has 1 aromatic heterocycles.